The van der Waals surface area contributed by atoms with Gasteiger partial charge in [0.25, 0.3) is 0 Å². The monoisotopic (exact) mass is 296 g/mol. The Bertz CT molecular complexity index is 488. The molecule has 7 heteroatoms. The molecule has 0 unspecified atom stereocenters. The standard InChI is InChI=1S/C14H20N2O5/c1-16(9-13-20-6-7-21-13)14(17)15-11-5-4-10(18-2)8-12(11)19-3/h4-5,8,13H,6-7,9H2,1-3H3,(H,15,17). The van der Waals surface area contributed by atoms with Crippen LogP contribution in [0.1, 0.15) is 0 Å². The maximum Gasteiger partial charge on any atom is 0.321 e. The SMILES string of the molecule is COc1ccc(NC(=O)N(C)CC2OCCO2)c(OC)c1. The van der Waals surface area contributed by atoms with Crippen LogP contribution in [0.15, 0.2) is 18.2 Å². The molecule has 2 rings (SSSR count). The molecule has 2 amide bonds. The molecule has 0 aromatic heterocycles. The number of likely N-dealkylation sites (N-methyl/N-ethyl adjacent to an activating group) is 1. The zero-order chi connectivity index (χ0) is 15.2. The predicted octanol–water partition coefficient (Wildman–Crippen LogP) is 1.54. The lowest BCUT2D eigenvalue weighted by Gasteiger charge is -2.21. The summed E-state index contributed by atoms with van der Waals surface area (Å²) in [6, 6.07) is 4.92. The Kier molecular flexibility index (Phi) is 5.24. The summed E-state index contributed by atoms with van der Waals surface area (Å²) in [7, 11) is 4.78. The topological polar surface area (TPSA) is 69.3 Å². The molecule has 1 aromatic rings. The van der Waals surface area contributed by atoms with Gasteiger partial charge in [-0.25, -0.2) is 4.79 Å². The minimum atomic E-state index is -0.362. The molecule has 0 radical (unpaired) electrons. The number of anilines is 1. The highest BCUT2D eigenvalue weighted by Crippen LogP contribution is 2.29. The molecule has 1 aliphatic heterocycles. The van der Waals surface area contributed by atoms with Crippen molar-refractivity contribution in [2.75, 3.05) is 46.3 Å². The number of nitrogens with zero attached hydrogens (tertiary/aromatic N) is 1. The van der Waals surface area contributed by atoms with Gasteiger partial charge in [0, 0.05) is 13.1 Å². The average Bonchev–Trinajstić information content (AvgIpc) is 3.00. The quantitative estimate of drug-likeness (QED) is 0.892. The zero-order valence-corrected chi connectivity index (χ0v) is 12.4. The van der Waals surface area contributed by atoms with Crippen LogP contribution in [0, 0.1) is 0 Å². The van der Waals surface area contributed by atoms with Crippen LogP contribution in [0.4, 0.5) is 10.5 Å². The van der Waals surface area contributed by atoms with E-state index in [0.717, 1.165) is 0 Å². The summed E-state index contributed by atoms with van der Waals surface area (Å²) in [6.45, 7) is 1.49. The van der Waals surface area contributed by atoms with E-state index >= 15 is 0 Å². The highest BCUT2D eigenvalue weighted by atomic mass is 16.7. The second-order valence-corrected chi connectivity index (χ2v) is 4.55. The number of hydrogen-bond donors (Lipinski definition) is 1. The average molecular weight is 296 g/mol. The maximum absolute atomic E-state index is 12.1. The molecule has 0 saturated carbocycles. The van der Waals surface area contributed by atoms with Gasteiger partial charge in [0.2, 0.25) is 0 Å². The molecule has 0 bridgehead atoms. The Labute approximate surface area is 123 Å². The fourth-order valence-electron chi connectivity index (χ4n) is 1.93. The Morgan fingerprint density at radius 2 is 2.05 bits per heavy atom. The van der Waals surface area contributed by atoms with Gasteiger partial charge in [-0.15, -0.1) is 0 Å². The molecule has 0 spiro atoms. The number of methoxy groups -OCH3 is 2. The molecule has 1 fully saturated rings. The molecular weight excluding hydrogens is 276 g/mol. The van der Waals surface area contributed by atoms with Crippen LogP contribution in [0.3, 0.4) is 0 Å². The number of rotatable bonds is 5. The van der Waals surface area contributed by atoms with Crippen molar-refractivity contribution in [1.82, 2.24) is 4.90 Å². The van der Waals surface area contributed by atoms with Gasteiger partial charge in [0.15, 0.2) is 6.29 Å². The van der Waals surface area contributed by atoms with Crippen molar-refractivity contribution in [3.63, 3.8) is 0 Å². The lowest BCUT2D eigenvalue weighted by Crippen LogP contribution is -2.37. The van der Waals surface area contributed by atoms with Crippen molar-refractivity contribution >= 4 is 11.7 Å². The van der Waals surface area contributed by atoms with Gasteiger partial charge in [0.05, 0.1) is 39.7 Å². The summed E-state index contributed by atoms with van der Waals surface area (Å²) >= 11 is 0. The van der Waals surface area contributed by atoms with Crippen LogP contribution in [-0.2, 0) is 9.47 Å². The fourth-order valence-corrected chi connectivity index (χ4v) is 1.93. The summed E-state index contributed by atoms with van der Waals surface area (Å²) in [5.74, 6) is 1.19. The number of urea groups is 1. The largest absolute Gasteiger partial charge is 0.497 e. The van der Waals surface area contributed by atoms with E-state index in [2.05, 4.69) is 5.32 Å². The number of ether oxygens (including phenoxy) is 4. The third-order valence-electron chi connectivity index (χ3n) is 3.11. The highest BCUT2D eigenvalue weighted by molar-refractivity contribution is 5.91. The second-order valence-electron chi connectivity index (χ2n) is 4.55. The summed E-state index contributed by atoms with van der Waals surface area (Å²) in [4.78, 5) is 13.6. The van der Waals surface area contributed by atoms with Gasteiger partial charge >= 0.3 is 6.03 Å². The first-order chi connectivity index (χ1) is 10.1. The van der Waals surface area contributed by atoms with E-state index in [1.807, 2.05) is 0 Å². The molecule has 21 heavy (non-hydrogen) atoms. The van der Waals surface area contributed by atoms with Crippen molar-refractivity contribution in [2.24, 2.45) is 0 Å². The van der Waals surface area contributed by atoms with E-state index in [1.54, 1.807) is 32.4 Å². The lowest BCUT2D eigenvalue weighted by atomic mass is 10.2. The molecule has 0 aliphatic carbocycles. The molecule has 1 N–H and O–H groups in total. The fraction of sp³-hybridized carbons (Fsp3) is 0.500. The van der Waals surface area contributed by atoms with Gasteiger partial charge in [-0.2, -0.15) is 0 Å². The third kappa shape index (κ3) is 3.99. The van der Waals surface area contributed by atoms with Crippen molar-refractivity contribution in [3.05, 3.63) is 18.2 Å². The number of benzene rings is 1. The van der Waals surface area contributed by atoms with Crippen LogP contribution in [-0.4, -0.2) is 58.2 Å². The first-order valence-corrected chi connectivity index (χ1v) is 6.61. The van der Waals surface area contributed by atoms with E-state index in [4.69, 9.17) is 18.9 Å². The minimum Gasteiger partial charge on any atom is -0.497 e. The van der Waals surface area contributed by atoms with Gasteiger partial charge in [-0.05, 0) is 12.1 Å². The lowest BCUT2D eigenvalue weighted by molar-refractivity contribution is -0.0518. The van der Waals surface area contributed by atoms with Crippen molar-refractivity contribution < 1.29 is 23.7 Å². The number of carbonyl (C=O) groups excluding carboxylic acids is 1. The van der Waals surface area contributed by atoms with Crippen molar-refractivity contribution in [3.8, 4) is 11.5 Å². The first-order valence-electron chi connectivity index (χ1n) is 6.61. The van der Waals surface area contributed by atoms with Crippen LogP contribution in [0.25, 0.3) is 0 Å². The smallest absolute Gasteiger partial charge is 0.321 e. The molecule has 116 valence electrons. The number of hydrogen-bond acceptors (Lipinski definition) is 5. The van der Waals surface area contributed by atoms with Crippen LogP contribution in [0.5, 0.6) is 11.5 Å². The molecule has 1 aliphatic rings. The van der Waals surface area contributed by atoms with E-state index in [0.29, 0.717) is 36.9 Å². The van der Waals surface area contributed by atoms with Crippen molar-refractivity contribution in [1.29, 1.82) is 0 Å². The summed E-state index contributed by atoms with van der Waals surface area (Å²) in [5, 5.41) is 2.78. The Morgan fingerprint density at radius 1 is 1.33 bits per heavy atom. The molecule has 1 saturated heterocycles. The van der Waals surface area contributed by atoms with E-state index in [9.17, 15) is 4.79 Å². The summed E-state index contributed by atoms with van der Waals surface area (Å²) in [6.07, 6.45) is -0.362. The highest BCUT2D eigenvalue weighted by Gasteiger charge is 2.21. The third-order valence-corrected chi connectivity index (χ3v) is 3.11. The minimum absolute atomic E-state index is 0.266. The Hall–Kier alpha value is -1.99. The van der Waals surface area contributed by atoms with Crippen molar-refractivity contribution in [2.45, 2.75) is 6.29 Å². The molecular formula is C14H20N2O5. The number of amides is 2. The predicted molar refractivity (Wildman–Crippen MR) is 76.9 cm³/mol. The normalized spacial score (nSPS) is 14.8. The number of carbonyl (C=O) groups is 1. The van der Waals surface area contributed by atoms with Crippen LogP contribution >= 0.6 is 0 Å². The van der Waals surface area contributed by atoms with E-state index < -0.39 is 0 Å². The Balaban J connectivity index is 1.97. The van der Waals surface area contributed by atoms with E-state index in [-0.39, 0.29) is 12.3 Å². The van der Waals surface area contributed by atoms with Gasteiger partial charge in [-0.1, -0.05) is 0 Å². The maximum atomic E-state index is 12.1. The zero-order valence-electron chi connectivity index (χ0n) is 12.4. The summed E-state index contributed by atoms with van der Waals surface area (Å²) in [5.41, 5.74) is 0.573. The van der Waals surface area contributed by atoms with Gasteiger partial charge in [0.1, 0.15) is 11.5 Å². The van der Waals surface area contributed by atoms with Crippen LogP contribution < -0.4 is 14.8 Å². The molecule has 0 atom stereocenters. The summed E-state index contributed by atoms with van der Waals surface area (Å²) < 4.78 is 21.0. The Morgan fingerprint density at radius 3 is 2.67 bits per heavy atom. The first kappa shape index (κ1) is 15.4. The second kappa shape index (κ2) is 7.14. The van der Waals surface area contributed by atoms with E-state index in [1.165, 1.54) is 12.0 Å². The number of nitrogens with one attached hydrogen (secondary N) is 1. The van der Waals surface area contributed by atoms with Crippen LogP contribution in [0.2, 0.25) is 0 Å². The molecule has 1 aromatic carbocycles. The molecule has 7 nitrogen and oxygen atoms in total. The molecule has 1 heterocycles. The van der Waals surface area contributed by atoms with Gasteiger partial charge in [-0.3, -0.25) is 0 Å². The van der Waals surface area contributed by atoms with Gasteiger partial charge < -0.3 is 29.2 Å².